The van der Waals surface area contributed by atoms with Crippen LogP contribution in [0.3, 0.4) is 0 Å². The van der Waals surface area contributed by atoms with Gasteiger partial charge in [-0.2, -0.15) is 0 Å². The third kappa shape index (κ3) is 4.60. The molecule has 1 amide bonds. The maximum Gasteiger partial charge on any atom is 0.418 e. The van der Waals surface area contributed by atoms with Crippen LogP contribution >= 0.6 is 15.9 Å². The molecule has 0 aliphatic heterocycles. The fraction of sp³-hybridized carbons (Fsp3) is 0.278. The molecule has 0 unspecified atom stereocenters. The molecule has 0 saturated carbocycles. The van der Waals surface area contributed by atoms with E-state index in [1.54, 1.807) is 4.90 Å². The van der Waals surface area contributed by atoms with Crippen LogP contribution in [0.1, 0.15) is 26.2 Å². The Bertz CT molecular complexity index is 601. The zero-order valence-electron chi connectivity index (χ0n) is 12.7. The van der Waals surface area contributed by atoms with Gasteiger partial charge in [-0.25, -0.2) is 9.69 Å². The summed E-state index contributed by atoms with van der Waals surface area (Å²) in [6, 6.07) is 17.2. The number of hydrogen-bond acceptors (Lipinski definition) is 2. The maximum absolute atomic E-state index is 12.5. The third-order valence-electron chi connectivity index (χ3n) is 3.24. The molecule has 2 aromatic rings. The number of benzene rings is 2. The number of nitrogens with zero attached hydrogens (tertiary/aromatic N) is 1. The Morgan fingerprint density at radius 3 is 2.45 bits per heavy atom. The number of halogens is 1. The van der Waals surface area contributed by atoms with Gasteiger partial charge in [-0.3, -0.25) is 0 Å². The van der Waals surface area contributed by atoms with Gasteiger partial charge in [0.05, 0.1) is 18.0 Å². The lowest BCUT2D eigenvalue weighted by Gasteiger charge is -2.22. The van der Waals surface area contributed by atoms with Gasteiger partial charge >= 0.3 is 6.09 Å². The van der Waals surface area contributed by atoms with Crippen molar-refractivity contribution in [1.82, 2.24) is 0 Å². The lowest BCUT2D eigenvalue weighted by molar-refractivity contribution is 0.154. The molecule has 0 heterocycles. The van der Waals surface area contributed by atoms with Crippen molar-refractivity contribution in [1.29, 1.82) is 0 Å². The number of rotatable bonds is 6. The van der Waals surface area contributed by atoms with Gasteiger partial charge < -0.3 is 4.74 Å². The Kier molecular flexibility index (Phi) is 6.46. The summed E-state index contributed by atoms with van der Waals surface area (Å²) in [7, 11) is 0. The summed E-state index contributed by atoms with van der Waals surface area (Å²) in [6.07, 6.45) is 2.71. The summed E-state index contributed by atoms with van der Waals surface area (Å²) in [5, 5.41) is 0. The smallest absolute Gasteiger partial charge is 0.418 e. The van der Waals surface area contributed by atoms with Gasteiger partial charge in [0.1, 0.15) is 0 Å². The molecule has 22 heavy (non-hydrogen) atoms. The first-order valence-electron chi connectivity index (χ1n) is 7.50. The molecule has 0 spiro atoms. The van der Waals surface area contributed by atoms with Crippen molar-refractivity contribution >= 4 is 33.4 Å². The summed E-state index contributed by atoms with van der Waals surface area (Å²) in [4.78, 5) is 14.1. The number of amides is 1. The van der Waals surface area contributed by atoms with E-state index in [4.69, 9.17) is 4.74 Å². The van der Waals surface area contributed by atoms with E-state index < -0.39 is 0 Å². The number of ether oxygens (including phenoxy) is 1. The van der Waals surface area contributed by atoms with E-state index in [-0.39, 0.29) is 6.09 Å². The molecule has 3 nitrogen and oxygen atoms in total. The zero-order chi connectivity index (χ0) is 15.8. The van der Waals surface area contributed by atoms with E-state index in [0.29, 0.717) is 6.61 Å². The number of carbonyl (C=O) groups is 1. The van der Waals surface area contributed by atoms with E-state index in [0.717, 1.165) is 35.1 Å². The standard InChI is InChI=1S/C18H20BrNO2/c1-2-3-7-13-22-18(21)20(16-10-5-4-6-11-16)17-12-8-9-15(19)14-17/h4-6,8-12,14H,2-3,7,13H2,1H3. The van der Waals surface area contributed by atoms with Crippen LogP contribution in [-0.2, 0) is 4.74 Å². The lowest BCUT2D eigenvalue weighted by Crippen LogP contribution is -2.27. The van der Waals surface area contributed by atoms with Crippen LogP contribution in [0.25, 0.3) is 0 Å². The average Bonchev–Trinajstić information content (AvgIpc) is 2.53. The van der Waals surface area contributed by atoms with E-state index in [1.807, 2.05) is 54.6 Å². The molecule has 116 valence electrons. The second-order valence-corrected chi connectivity index (χ2v) is 5.89. The molecular formula is C18H20BrNO2. The predicted molar refractivity (Wildman–Crippen MR) is 93.6 cm³/mol. The summed E-state index contributed by atoms with van der Waals surface area (Å²) in [6.45, 7) is 2.57. The highest BCUT2D eigenvalue weighted by Crippen LogP contribution is 2.28. The summed E-state index contributed by atoms with van der Waals surface area (Å²) in [5.74, 6) is 0. The fourth-order valence-electron chi connectivity index (χ4n) is 2.13. The Balaban J connectivity index is 2.21. The van der Waals surface area contributed by atoms with Crippen LogP contribution in [0.5, 0.6) is 0 Å². The number of para-hydroxylation sites is 1. The zero-order valence-corrected chi connectivity index (χ0v) is 14.3. The molecule has 0 bridgehead atoms. The topological polar surface area (TPSA) is 29.5 Å². The van der Waals surface area contributed by atoms with Crippen molar-refractivity contribution in [3.63, 3.8) is 0 Å². The van der Waals surface area contributed by atoms with Crippen molar-refractivity contribution in [2.45, 2.75) is 26.2 Å². The highest BCUT2D eigenvalue weighted by Gasteiger charge is 2.19. The number of anilines is 2. The van der Waals surface area contributed by atoms with Gasteiger partial charge in [0.15, 0.2) is 0 Å². The van der Waals surface area contributed by atoms with Crippen molar-refractivity contribution in [3.8, 4) is 0 Å². The molecular weight excluding hydrogens is 342 g/mol. The number of hydrogen-bond donors (Lipinski definition) is 0. The van der Waals surface area contributed by atoms with E-state index >= 15 is 0 Å². The first-order valence-corrected chi connectivity index (χ1v) is 8.29. The van der Waals surface area contributed by atoms with E-state index in [9.17, 15) is 4.79 Å². The van der Waals surface area contributed by atoms with Crippen molar-refractivity contribution in [3.05, 3.63) is 59.1 Å². The van der Waals surface area contributed by atoms with E-state index in [2.05, 4.69) is 22.9 Å². The SMILES string of the molecule is CCCCCOC(=O)N(c1ccccc1)c1cccc(Br)c1. The largest absolute Gasteiger partial charge is 0.449 e. The molecule has 0 aliphatic rings. The molecule has 2 aromatic carbocycles. The average molecular weight is 362 g/mol. The van der Waals surface area contributed by atoms with Crippen molar-refractivity contribution in [2.24, 2.45) is 0 Å². The molecule has 0 aromatic heterocycles. The van der Waals surface area contributed by atoms with Crippen LogP contribution in [0.4, 0.5) is 16.2 Å². The molecule has 0 saturated heterocycles. The van der Waals surface area contributed by atoms with Crippen LogP contribution in [0, 0.1) is 0 Å². The minimum absolute atomic E-state index is 0.347. The van der Waals surface area contributed by atoms with Gasteiger partial charge in [0.2, 0.25) is 0 Å². The molecule has 2 rings (SSSR count). The second kappa shape index (κ2) is 8.59. The number of unbranched alkanes of at least 4 members (excludes halogenated alkanes) is 2. The van der Waals surface area contributed by atoms with Crippen molar-refractivity contribution in [2.75, 3.05) is 11.5 Å². The molecule has 0 N–H and O–H groups in total. The Morgan fingerprint density at radius 2 is 1.77 bits per heavy atom. The van der Waals surface area contributed by atoms with Crippen LogP contribution in [-0.4, -0.2) is 12.7 Å². The molecule has 0 radical (unpaired) electrons. The molecule has 0 atom stereocenters. The summed E-state index contributed by atoms with van der Waals surface area (Å²) >= 11 is 3.45. The first-order chi connectivity index (χ1) is 10.7. The number of carbonyl (C=O) groups excluding carboxylic acids is 1. The van der Waals surface area contributed by atoms with Crippen LogP contribution < -0.4 is 4.90 Å². The second-order valence-electron chi connectivity index (χ2n) is 4.97. The van der Waals surface area contributed by atoms with Crippen LogP contribution in [0.15, 0.2) is 59.1 Å². The van der Waals surface area contributed by atoms with Gasteiger partial charge in [-0.05, 0) is 36.8 Å². The minimum Gasteiger partial charge on any atom is -0.449 e. The predicted octanol–water partition coefficient (Wildman–Crippen LogP) is 5.91. The van der Waals surface area contributed by atoms with E-state index in [1.165, 1.54) is 0 Å². The summed E-state index contributed by atoms with van der Waals surface area (Å²) in [5.41, 5.74) is 1.57. The van der Waals surface area contributed by atoms with Crippen molar-refractivity contribution < 1.29 is 9.53 Å². The highest BCUT2D eigenvalue weighted by molar-refractivity contribution is 9.10. The lowest BCUT2D eigenvalue weighted by atomic mass is 10.2. The first kappa shape index (κ1) is 16.6. The maximum atomic E-state index is 12.5. The summed E-state index contributed by atoms with van der Waals surface area (Å²) < 4.78 is 6.35. The van der Waals surface area contributed by atoms with Gasteiger partial charge in [0, 0.05) is 4.47 Å². The van der Waals surface area contributed by atoms with Gasteiger partial charge in [-0.15, -0.1) is 0 Å². The normalized spacial score (nSPS) is 10.3. The van der Waals surface area contributed by atoms with Crippen LogP contribution in [0.2, 0.25) is 0 Å². The fourth-order valence-corrected chi connectivity index (χ4v) is 2.52. The Labute approximate surface area is 140 Å². The van der Waals surface area contributed by atoms with Gasteiger partial charge in [-0.1, -0.05) is 60.0 Å². The Hall–Kier alpha value is -1.81. The highest BCUT2D eigenvalue weighted by atomic mass is 79.9. The molecule has 0 aliphatic carbocycles. The third-order valence-corrected chi connectivity index (χ3v) is 3.73. The molecule has 0 fully saturated rings. The van der Waals surface area contributed by atoms with Gasteiger partial charge in [0.25, 0.3) is 0 Å². The monoisotopic (exact) mass is 361 g/mol. The minimum atomic E-state index is -0.347. The Morgan fingerprint density at radius 1 is 1.05 bits per heavy atom. The quantitative estimate of drug-likeness (QED) is 0.598. The molecule has 4 heteroatoms.